The smallest absolute Gasteiger partial charge is 0.326 e. The molecule has 1 aromatic carbocycles. The van der Waals surface area contributed by atoms with Crippen molar-refractivity contribution in [2.75, 3.05) is 13.2 Å². The fourth-order valence-electron chi connectivity index (χ4n) is 3.04. The molecule has 6 nitrogen and oxygen atoms in total. The van der Waals surface area contributed by atoms with Gasteiger partial charge in [-0.3, -0.25) is 4.79 Å². The number of aliphatic hydroxyl groups is 1. The number of carboxylic acids is 1. The number of carbonyl (C=O) groups is 2. The zero-order chi connectivity index (χ0) is 15.0. The van der Waals surface area contributed by atoms with E-state index in [1.165, 1.54) is 4.90 Å². The second kappa shape index (κ2) is 5.46. The summed E-state index contributed by atoms with van der Waals surface area (Å²) in [6, 6.07) is 6.54. The number of β-amino-alcohol motifs (C(OH)–C–C–N with tert-alkyl or cyclic N) is 1. The molecule has 3 atom stereocenters. The number of amides is 1. The molecule has 0 bridgehead atoms. The number of benzene rings is 1. The van der Waals surface area contributed by atoms with E-state index in [2.05, 4.69) is 0 Å². The zero-order valence-electron chi connectivity index (χ0n) is 11.4. The lowest BCUT2D eigenvalue weighted by Gasteiger charge is -2.30. The predicted molar refractivity (Wildman–Crippen MR) is 72.6 cm³/mol. The highest BCUT2D eigenvalue weighted by Crippen LogP contribution is 2.31. The number of carbonyl (C=O) groups excluding carboxylic acids is 1. The Balaban J connectivity index is 1.87. The maximum Gasteiger partial charge on any atom is 0.326 e. The lowest BCUT2D eigenvalue weighted by atomic mass is 9.96. The van der Waals surface area contributed by atoms with Gasteiger partial charge in [0.05, 0.1) is 12.7 Å². The Labute approximate surface area is 121 Å². The summed E-state index contributed by atoms with van der Waals surface area (Å²) in [5, 5.41) is 18.9. The summed E-state index contributed by atoms with van der Waals surface area (Å²) in [4.78, 5) is 25.1. The minimum absolute atomic E-state index is 0.0395. The molecule has 2 N–H and O–H groups in total. The normalized spacial score (nSPS) is 28.2. The van der Waals surface area contributed by atoms with Crippen molar-refractivity contribution in [3.63, 3.8) is 0 Å². The molecule has 6 heteroatoms. The van der Waals surface area contributed by atoms with E-state index in [-0.39, 0.29) is 18.9 Å². The van der Waals surface area contributed by atoms with Gasteiger partial charge in [0.1, 0.15) is 6.04 Å². The number of ether oxygens (including phenoxy) is 1. The number of nitrogens with zero attached hydrogens (tertiary/aromatic N) is 1. The van der Waals surface area contributed by atoms with E-state index >= 15 is 0 Å². The molecule has 112 valence electrons. The minimum atomic E-state index is -1.09. The van der Waals surface area contributed by atoms with Crippen molar-refractivity contribution in [1.29, 1.82) is 0 Å². The van der Waals surface area contributed by atoms with Gasteiger partial charge in [0, 0.05) is 13.0 Å². The van der Waals surface area contributed by atoms with Gasteiger partial charge in [-0.05, 0) is 17.5 Å². The first-order chi connectivity index (χ1) is 10.1. The molecule has 2 aliphatic heterocycles. The Hall–Kier alpha value is -1.92. The molecule has 0 saturated carbocycles. The van der Waals surface area contributed by atoms with E-state index in [0.29, 0.717) is 6.61 Å². The molecular weight excluding hydrogens is 274 g/mol. The third kappa shape index (κ3) is 2.52. The van der Waals surface area contributed by atoms with Gasteiger partial charge in [0.15, 0.2) is 6.10 Å². The maximum atomic E-state index is 12.7. The molecule has 1 fully saturated rings. The SMILES string of the molecule is O=C(O)[C@@H]1C[C@@H](O)CN1C(=O)C1OCCc2ccccc21. The third-order valence-corrected chi connectivity index (χ3v) is 4.06. The summed E-state index contributed by atoms with van der Waals surface area (Å²) in [5.74, 6) is -1.48. The van der Waals surface area contributed by atoms with E-state index in [1.54, 1.807) is 0 Å². The van der Waals surface area contributed by atoms with E-state index in [0.717, 1.165) is 17.5 Å². The predicted octanol–water partition coefficient (Wildman–Crippen LogP) is 0.347. The van der Waals surface area contributed by atoms with Crippen LogP contribution in [-0.4, -0.2) is 52.3 Å². The minimum Gasteiger partial charge on any atom is -0.480 e. The van der Waals surface area contributed by atoms with Crippen LogP contribution in [0.2, 0.25) is 0 Å². The maximum absolute atomic E-state index is 12.7. The number of carboxylic acid groups (broad SMARTS) is 1. The number of aliphatic hydroxyl groups excluding tert-OH is 1. The van der Waals surface area contributed by atoms with Gasteiger partial charge in [-0.1, -0.05) is 24.3 Å². The molecule has 2 heterocycles. The molecule has 1 amide bonds. The lowest BCUT2D eigenvalue weighted by Crippen LogP contribution is -2.44. The highest BCUT2D eigenvalue weighted by Gasteiger charge is 2.42. The summed E-state index contributed by atoms with van der Waals surface area (Å²) in [6.45, 7) is 0.472. The number of fused-ring (bicyclic) bond motifs is 1. The summed E-state index contributed by atoms with van der Waals surface area (Å²) >= 11 is 0. The average Bonchev–Trinajstić information content (AvgIpc) is 2.88. The van der Waals surface area contributed by atoms with Crippen molar-refractivity contribution < 1.29 is 24.5 Å². The molecule has 1 unspecified atom stereocenters. The standard InChI is InChI=1S/C15H17NO5/c17-10-7-12(15(19)20)16(8-10)14(18)13-11-4-2-1-3-9(11)5-6-21-13/h1-4,10,12-13,17H,5-8H2,(H,19,20)/t10-,12+,13?/m1/s1. The van der Waals surface area contributed by atoms with E-state index in [4.69, 9.17) is 4.74 Å². The van der Waals surface area contributed by atoms with Crippen molar-refractivity contribution in [3.8, 4) is 0 Å². The Morgan fingerprint density at radius 3 is 2.81 bits per heavy atom. The van der Waals surface area contributed by atoms with Crippen molar-refractivity contribution >= 4 is 11.9 Å². The average molecular weight is 291 g/mol. The van der Waals surface area contributed by atoms with Crippen LogP contribution in [0, 0.1) is 0 Å². The highest BCUT2D eigenvalue weighted by atomic mass is 16.5. The van der Waals surface area contributed by atoms with Crippen molar-refractivity contribution in [1.82, 2.24) is 4.90 Å². The van der Waals surface area contributed by atoms with E-state index in [1.807, 2.05) is 24.3 Å². The Morgan fingerprint density at radius 2 is 2.05 bits per heavy atom. The zero-order valence-corrected chi connectivity index (χ0v) is 11.4. The van der Waals surface area contributed by atoms with Crippen LogP contribution in [0.4, 0.5) is 0 Å². The van der Waals surface area contributed by atoms with Crippen LogP contribution in [0.1, 0.15) is 23.7 Å². The molecule has 0 radical (unpaired) electrons. The van der Waals surface area contributed by atoms with E-state index in [9.17, 15) is 19.8 Å². The molecule has 1 saturated heterocycles. The van der Waals surface area contributed by atoms with Gasteiger partial charge in [-0.25, -0.2) is 4.79 Å². The quantitative estimate of drug-likeness (QED) is 0.821. The Kier molecular flexibility index (Phi) is 3.65. The molecule has 0 spiro atoms. The Morgan fingerprint density at radius 1 is 1.29 bits per heavy atom. The summed E-state index contributed by atoms with van der Waals surface area (Å²) in [6.07, 6.45) is -0.767. The first kappa shape index (κ1) is 14.0. The van der Waals surface area contributed by atoms with Gasteiger partial charge >= 0.3 is 5.97 Å². The van der Waals surface area contributed by atoms with Crippen LogP contribution in [-0.2, 0) is 20.7 Å². The molecule has 21 heavy (non-hydrogen) atoms. The van der Waals surface area contributed by atoms with Crippen molar-refractivity contribution in [2.24, 2.45) is 0 Å². The second-order valence-corrected chi connectivity index (χ2v) is 5.43. The molecule has 0 aliphatic carbocycles. The summed E-state index contributed by atoms with van der Waals surface area (Å²) < 4.78 is 5.58. The first-order valence-corrected chi connectivity index (χ1v) is 6.98. The monoisotopic (exact) mass is 291 g/mol. The highest BCUT2D eigenvalue weighted by molar-refractivity contribution is 5.88. The van der Waals surface area contributed by atoms with Crippen molar-refractivity contribution in [2.45, 2.75) is 31.1 Å². The van der Waals surface area contributed by atoms with Gasteiger partial charge < -0.3 is 19.8 Å². The summed E-state index contributed by atoms with van der Waals surface area (Å²) in [5.41, 5.74) is 1.84. The number of rotatable bonds is 2. The number of hydrogen-bond acceptors (Lipinski definition) is 4. The molecule has 1 aromatic rings. The number of likely N-dealkylation sites (tertiary alicyclic amines) is 1. The van der Waals surface area contributed by atoms with Gasteiger partial charge in [0.25, 0.3) is 5.91 Å². The van der Waals surface area contributed by atoms with Gasteiger partial charge in [0.2, 0.25) is 0 Å². The van der Waals surface area contributed by atoms with Gasteiger partial charge in [-0.15, -0.1) is 0 Å². The molecule has 3 rings (SSSR count). The number of aliphatic carboxylic acids is 1. The molecule has 2 aliphatic rings. The second-order valence-electron chi connectivity index (χ2n) is 5.43. The summed E-state index contributed by atoms with van der Waals surface area (Å²) in [7, 11) is 0. The topological polar surface area (TPSA) is 87.1 Å². The molecule has 0 aromatic heterocycles. The lowest BCUT2D eigenvalue weighted by molar-refractivity contribution is -0.154. The van der Waals surface area contributed by atoms with E-state index < -0.39 is 24.2 Å². The first-order valence-electron chi connectivity index (χ1n) is 6.98. The largest absolute Gasteiger partial charge is 0.480 e. The fraction of sp³-hybridized carbons (Fsp3) is 0.467. The van der Waals surface area contributed by atoms with Crippen LogP contribution in [0.5, 0.6) is 0 Å². The van der Waals surface area contributed by atoms with Crippen LogP contribution in [0.25, 0.3) is 0 Å². The van der Waals surface area contributed by atoms with Crippen LogP contribution < -0.4 is 0 Å². The number of hydrogen-bond donors (Lipinski definition) is 2. The Bertz CT molecular complexity index is 573. The van der Waals surface area contributed by atoms with Crippen molar-refractivity contribution in [3.05, 3.63) is 35.4 Å². The van der Waals surface area contributed by atoms with Crippen LogP contribution in [0.3, 0.4) is 0 Å². The fourth-order valence-corrected chi connectivity index (χ4v) is 3.04. The van der Waals surface area contributed by atoms with Gasteiger partial charge in [-0.2, -0.15) is 0 Å². The third-order valence-electron chi connectivity index (χ3n) is 4.06. The van der Waals surface area contributed by atoms with Crippen LogP contribution in [0.15, 0.2) is 24.3 Å². The van der Waals surface area contributed by atoms with Crippen LogP contribution >= 0.6 is 0 Å². The molecular formula is C15H17NO5.